The predicted octanol–water partition coefficient (Wildman–Crippen LogP) is 0.971. The number of aromatic nitrogens is 1. The number of carbonyl (C=O) groups is 1. The van der Waals surface area contributed by atoms with Gasteiger partial charge in [0.05, 0.1) is 5.02 Å². The largest absolute Gasteiger partial charge is 0.451 e. The van der Waals surface area contributed by atoms with Gasteiger partial charge >= 0.3 is 5.97 Å². The number of halogens is 2. The van der Waals surface area contributed by atoms with E-state index in [2.05, 4.69) is 9.72 Å². The van der Waals surface area contributed by atoms with Crippen molar-refractivity contribution < 1.29 is 27.1 Å². The van der Waals surface area contributed by atoms with Crippen LogP contribution < -0.4 is 5.14 Å². The van der Waals surface area contributed by atoms with Crippen molar-refractivity contribution in [3.8, 4) is 0 Å². The number of hydrogen-bond acceptors (Lipinski definition) is 6. The van der Waals surface area contributed by atoms with Crippen LogP contribution in [0.1, 0.15) is 18.7 Å². The zero-order valence-electron chi connectivity index (χ0n) is 11.2. The fourth-order valence-electron chi connectivity index (χ4n) is 1.58. The lowest BCUT2D eigenvalue weighted by atomic mass is 10.1. The Labute approximate surface area is 126 Å². The van der Waals surface area contributed by atoms with Crippen LogP contribution >= 0.6 is 11.6 Å². The van der Waals surface area contributed by atoms with Gasteiger partial charge in [-0.25, -0.2) is 22.7 Å². The van der Waals surface area contributed by atoms with E-state index in [0.29, 0.717) is 0 Å². The smallest absolute Gasteiger partial charge is 0.332 e. The van der Waals surface area contributed by atoms with E-state index < -0.39 is 39.8 Å². The van der Waals surface area contributed by atoms with Gasteiger partial charge in [0.15, 0.2) is 6.10 Å². The van der Waals surface area contributed by atoms with Gasteiger partial charge in [-0.05, 0) is 13.0 Å². The van der Waals surface area contributed by atoms with Gasteiger partial charge in [-0.2, -0.15) is 0 Å². The van der Waals surface area contributed by atoms with Crippen molar-refractivity contribution in [1.82, 2.24) is 4.98 Å². The molecule has 0 aliphatic carbocycles. The first-order valence-corrected chi connectivity index (χ1v) is 7.60. The van der Waals surface area contributed by atoms with Crippen LogP contribution in [0.5, 0.6) is 0 Å². The van der Waals surface area contributed by atoms with Gasteiger partial charge in [0, 0.05) is 13.3 Å². The molecular weight excluding hydrogens is 327 g/mol. The summed E-state index contributed by atoms with van der Waals surface area (Å²) in [6.07, 6.45) is -2.15. The van der Waals surface area contributed by atoms with Crippen LogP contribution in [-0.2, 0) is 24.3 Å². The fourth-order valence-corrected chi connectivity index (χ4v) is 2.86. The quantitative estimate of drug-likeness (QED) is 0.773. The summed E-state index contributed by atoms with van der Waals surface area (Å²) in [5.41, 5.74) is -0.371. The first kappa shape index (κ1) is 17.8. The summed E-state index contributed by atoms with van der Waals surface area (Å²) >= 11 is 5.77. The molecule has 7 nitrogen and oxygen atoms in total. The van der Waals surface area contributed by atoms with Crippen molar-refractivity contribution in [2.75, 3.05) is 13.7 Å². The minimum Gasteiger partial charge on any atom is -0.451 e. The number of sulfonamides is 1. The monoisotopic (exact) mass is 340 g/mol. The molecule has 0 saturated heterocycles. The number of rotatable bonds is 6. The second-order valence-electron chi connectivity index (χ2n) is 4.07. The summed E-state index contributed by atoms with van der Waals surface area (Å²) < 4.78 is 46.3. The molecule has 0 fully saturated rings. The average molecular weight is 341 g/mol. The Kier molecular flexibility index (Phi) is 6.02. The summed E-state index contributed by atoms with van der Waals surface area (Å²) in [7, 11) is -3.02. The number of primary sulfonamides is 1. The van der Waals surface area contributed by atoms with E-state index >= 15 is 0 Å². The van der Waals surface area contributed by atoms with Crippen LogP contribution in [0.2, 0.25) is 5.02 Å². The molecule has 1 rings (SSSR count). The molecule has 2 N–H and O–H groups in total. The van der Waals surface area contributed by atoms with Crippen LogP contribution in [0.4, 0.5) is 4.39 Å². The maximum Gasteiger partial charge on any atom is 0.332 e. The molecule has 0 aliphatic heterocycles. The third-order valence-electron chi connectivity index (χ3n) is 2.38. The molecule has 2 unspecified atom stereocenters. The Balaban J connectivity index is 3.33. The van der Waals surface area contributed by atoms with E-state index in [1.165, 1.54) is 13.2 Å². The van der Waals surface area contributed by atoms with E-state index in [1.54, 1.807) is 0 Å². The van der Waals surface area contributed by atoms with Crippen LogP contribution in [-0.4, -0.2) is 39.3 Å². The summed E-state index contributed by atoms with van der Waals surface area (Å²) in [6, 6.07) is 1.18. The van der Waals surface area contributed by atoms with Gasteiger partial charge in [0.1, 0.15) is 23.4 Å². The van der Waals surface area contributed by atoms with Gasteiger partial charge in [0.25, 0.3) is 0 Å². The fraction of sp³-hybridized carbons (Fsp3) is 0.455. The van der Waals surface area contributed by atoms with Crippen molar-refractivity contribution in [2.24, 2.45) is 5.14 Å². The van der Waals surface area contributed by atoms with Crippen LogP contribution in [0.25, 0.3) is 0 Å². The lowest BCUT2D eigenvalue weighted by molar-refractivity contribution is -0.157. The molecule has 0 spiro atoms. The Bertz CT molecular complexity index is 623. The van der Waals surface area contributed by atoms with E-state index in [0.717, 1.165) is 13.1 Å². The molecule has 0 aliphatic rings. The van der Waals surface area contributed by atoms with Gasteiger partial charge in [-0.3, -0.25) is 4.98 Å². The molecule has 0 radical (unpaired) electrons. The van der Waals surface area contributed by atoms with Gasteiger partial charge in [-0.1, -0.05) is 11.6 Å². The molecule has 0 bridgehead atoms. The van der Waals surface area contributed by atoms with Gasteiger partial charge < -0.3 is 9.47 Å². The van der Waals surface area contributed by atoms with Crippen LogP contribution in [0.15, 0.2) is 17.2 Å². The molecule has 1 heterocycles. The third kappa shape index (κ3) is 4.60. The highest BCUT2D eigenvalue weighted by molar-refractivity contribution is 7.89. The highest BCUT2D eigenvalue weighted by Gasteiger charge is 2.32. The second kappa shape index (κ2) is 7.12. The predicted molar refractivity (Wildman–Crippen MR) is 71.9 cm³/mol. The molecule has 1 aromatic rings. The van der Waals surface area contributed by atoms with E-state index in [-0.39, 0.29) is 10.7 Å². The molecule has 0 amide bonds. The molecule has 21 heavy (non-hydrogen) atoms. The van der Waals surface area contributed by atoms with E-state index in [4.69, 9.17) is 21.5 Å². The minimum atomic E-state index is -4.27. The number of carbonyl (C=O) groups excluding carboxylic acids is 1. The SMILES string of the molecule is COCC(=O)OC(c1nccc(Cl)c1S(N)(=O)=O)C(C)F. The minimum absolute atomic E-state index is 0.240. The number of nitrogens with zero attached hydrogens (tertiary/aromatic N) is 1. The Hall–Kier alpha value is -1.29. The molecule has 118 valence electrons. The average Bonchev–Trinajstić information content (AvgIpc) is 2.34. The second-order valence-corrected chi connectivity index (χ2v) is 5.98. The Morgan fingerprint density at radius 2 is 2.19 bits per heavy atom. The highest BCUT2D eigenvalue weighted by Crippen LogP contribution is 2.31. The molecule has 0 aromatic carbocycles. The standard InChI is InChI=1S/C11H14ClFN2O5S/c1-6(13)10(20-8(16)5-19-2)9-11(21(14,17)18)7(12)3-4-15-9/h3-4,6,10H,5H2,1-2H3,(H2,14,17,18). The maximum absolute atomic E-state index is 13.7. The van der Waals surface area contributed by atoms with Crippen molar-refractivity contribution >= 4 is 27.6 Å². The normalized spacial score (nSPS) is 14.5. The lowest BCUT2D eigenvalue weighted by Gasteiger charge is -2.20. The molecule has 2 atom stereocenters. The Morgan fingerprint density at radius 3 is 2.67 bits per heavy atom. The molecule has 0 saturated carbocycles. The van der Waals surface area contributed by atoms with E-state index in [9.17, 15) is 17.6 Å². The Morgan fingerprint density at radius 1 is 1.57 bits per heavy atom. The summed E-state index contributed by atoms with van der Waals surface area (Å²) in [5, 5.41) is 4.81. The van der Waals surface area contributed by atoms with Crippen molar-refractivity contribution in [1.29, 1.82) is 0 Å². The van der Waals surface area contributed by atoms with Crippen LogP contribution in [0.3, 0.4) is 0 Å². The molecular formula is C11H14ClFN2O5S. The number of alkyl halides is 1. The number of hydrogen-bond donors (Lipinski definition) is 1. The first-order valence-electron chi connectivity index (χ1n) is 5.68. The lowest BCUT2D eigenvalue weighted by Crippen LogP contribution is -2.26. The molecule has 10 heteroatoms. The topological polar surface area (TPSA) is 109 Å². The zero-order valence-corrected chi connectivity index (χ0v) is 12.8. The number of ether oxygens (including phenoxy) is 2. The first-order chi connectivity index (χ1) is 9.68. The summed E-state index contributed by atoms with van der Waals surface area (Å²) in [5.74, 6) is -0.880. The summed E-state index contributed by atoms with van der Waals surface area (Å²) in [6.45, 7) is 0.661. The summed E-state index contributed by atoms with van der Waals surface area (Å²) in [4.78, 5) is 14.6. The number of nitrogens with two attached hydrogens (primary N) is 1. The van der Waals surface area contributed by atoms with Crippen LogP contribution in [0, 0.1) is 0 Å². The number of pyridine rings is 1. The molecule has 1 aromatic heterocycles. The maximum atomic E-state index is 13.7. The zero-order chi connectivity index (χ0) is 16.2. The van der Waals surface area contributed by atoms with Crippen molar-refractivity contribution in [2.45, 2.75) is 24.1 Å². The highest BCUT2D eigenvalue weighted by atomic mass is 35.5. The number of methoxy groups -OCH3 is 1. The van der Waals surface area contributed by atoms with Gasteiger partial charge in [-0.15, -0.1) is 0 Å². The van der Waals surface area contributed by atoms with Crippen molar-refractivity contribution in [3.05, 3.63) is 23.0 Å². The van der Waals surface area contributed by atoms with Crippen molar-refractivity contribution in [3.63, 3.8) is 0 Å². The number of esters is 1. The third-order valence-corrected chi connectivity index (χ3v) is 3.80. The van der Waals surface area contributed by atoms with E-state index in [1.807, 2.05) is 0 Å². The van der Waals surface area contributed by atoms with Gasteiger partial charge in [0.2, 0.25) is 10.0 Å².